The topological polar surface area (TPSA) is 68.4 Å². The molecule has 2 heterocycles. The summed E-state index contributed by atoms with van der Waals surface area (Å²) in [5, 5.41) is 0.354. The summed E-state index contributed by atoms with van der Waals surface area (Å²) in [5.41, 5.74) is 0.801. The normalized spacial score (nSPS) is 10.9. The van der Waals surface area contributed by atoms with Gasteiger partial charge in [-0.3, -0.25) is 4.79 Å². The van der Waals surface area contributed by atoms with E-state index in [2.05, 4.69) is 4.98 Å². The summed E-state index contributed by atoms with van der Waals surface area (Å²) < 4.78 is 24.9. The first-order valence-corrected chi connectivity index (χ1v) is 7.96. The van der Waals surface area contributed by atoms with Crippen molar-refractivity contribution >= 4 is 33.2 Å². The second-order valence-corrected chi connectivity index (χ2v) is 6.09. The van der Waals surface area contributed by atoms with E-state index in [0.717, 1.165) is 11.3 Å². The van der Waals surface area contributed by atoms with Crippen LogP contribution in [0.4, 0.5) is 4.39 Å². The van der Waals surface area contributed by atoms with Crippen LogP contribution in [0.15, 0.2) is 36.5 Å². The van der Waals surface area contributed by atoms with Gasteiger partial charge in [0, 0.05) is 29.0 Å². The molecule has 0 amide bonds. The summed E-state index contributed by atoms with van der Waals surface area (Å²) in [6.45, 7) is -0.307. The zero-order chi connectivity index (χ0) is 17.1. The van der Waals surface area contributed by atoms with Gasteiger partial charge in [-0.05, 0) is 24.3 Å². The molecule has 7 heteroatoms. The van der Waals surface area contributed by atoms with Crippen molar-refractivity contribution in [3.8, 4) is 0 Å². The average molecular weight is 347 g/mol. The van der Waals surface area contributed by atoms with Crippen LogP contribution in [-0.2, 0) is 16.1 Å². The smallest absolute Gasteiger partial charge is 0.349 e. The fourth-order valence-corrected chi connectivity index (χ4v) is 3.51. The summed E-state index contributed by atoms with van der Waals surface area (Å²) in [7, 11) is 1.47. The lowest BCUT2D eigenvalue weighted by molar-refractivity contribution is 0.0475. The number of fused-ring (bicyclic) bond motifs is 1. The number of aromatic nitrogens is 1. The van der Waals surface area contributed by atoms with E-state index in [1.54, 1.807) is 30.5 Å². The predicted molar refractivity (Wildman–Crippen MR) is 87.9 cm³/mol. The molecule has 3 rings (SSSR count). The first kappa shape index (κ1) is 16.4. The molecule has 0 saturated carbocycles. The van der Waals surface area contributed by atoms with Gasteiger partial charge in [-0.1, -0.05) is 6.07 Å². The Morgan fingerprint density at radius 3 is 2.79 bits per heavy atom. The number of hydrogen-bond acceptors (Lipinski definition) is 5. The van der Waals surface area contributed by atoms with Crippen molar-refractivity contribution in [1.29, 1.82) is 0 Å². The number of halogens is 1. The molecule has 0 radical (unpaired) electrons. The number of hydrogen-bond donors (Lipinski definition) is 1. The quantitative estimate of drug-likeness (QED) is 0.547. The van der Waals surface area contributed by atoms with Crippen LogP contribution in [0.2, 0.25) is 0 Å². The Bertz CT molecular complexity index is 886. The lowest BCUT2D eigenvalue weighted by Gasteiger charge is -2.05. The lowest BCUT2D eigenvalue weighted by Crippen LogP contribution is -2.14. The van der Waals surface area contributed by atoms with E-state index in [-0.39, 0.29) is 23.9 Å². The highest BCUT2D eigenvalue weighted by molar-refractivity contribution is 7.21. The maximum Gasteiger partial charge on any atom is 0.349 e. The van der Waals surface area contributed by atoms with Gasteiger partial charge >= 0.3 is 5.97 Å². The minimum absolute atomic E-state index is 0.0793. The molecule has 3 aromatic rings. The first-order chi connectivity index (χ1) is 11.6. The molecule has 0 unspecified atom stereocenters. The highest BCUT2D eigenvalue weighted by atomic mass is 32.1. The van der Waals surface area contributed by atoms with Crippen LogP contribution < -0.4 is 0 Å². The van der Waals surface area contributed by atoms with Crippen molar-refractivity contribution in [3.05, 3.63) is 58.5 Å². The Labute approximate surface area is 141 Å². The number of Topliss-reactive ketones (excluding diaryl/α,β-unsaturated/α-hetero) is 1. The average Bonchev–Trinajstić information content (AvgIpc) is 3.21. The molecule has 0 aliphatic carbocycles. The van der Waals surface area contributed by atoms with Crippen molar-refractivity contribution in [2.24, 2.45) is 0 Å². The molecule has 124 valence electrons. The van der Waals surface area contributed by atoms with Crippen molar-refractivity contribution in [3.63, 3.8) is 0 Å². The third-order valence-corrected chi connectivity index (χ3v) is 4.65. The van der Waals surface area contributed by atoms with Gasteiger partial charge in [0.25, 0.3) is 0 Å². The van der Waals surface area contributed by atoms with Gasteiger partial charge in [-0.25, -0.2) is 9.18 Å². The van der Waals surface area contributed by atoms with Gasteiger partial charge in [-0.2, -0.15) is 0 Å². The van der Waals surface area contributed by atoms with E-state index in [0.29, 0.717) is 21.3 Å². The molecule has 0 spiro atoms. The SMILES string of the molecule is COCc1c(C(=O)OCC(=O)c2ccc[nH]2)sc2cccc(F)c12. The summed E-state index contributed by atoms with van der Waals surface area (Å²) in [6, 6.07) is 7.91. The number of nitrogens with one attached hydrogen (secondary N) is 1. The van der Waals surface area contributed by atoms with Crippen molar-refractivity contribution in [2.75, 3.05) is 13.7 Å². The Morgan fingerprint density at radius 1 is 1.25 bits per heavy atom. The number of benzene rings is 1. The largest absolute Gasteiger partial charge is 0.453 e. The van der Waals surface area contributed by atoms with Crippen LogP contribution in [-0.4, -0.2) is 30.5 Å². The van der Waals surface area contributed by atoms with E-state index >= 15 is 0 Å². The van der Waals surface area contributed by atoms with Crippen molar-refractivity contribution in [1.82, 2.24) is 4.98 Å². The summed E-state index contributed by atoms with van der Waals surface area (Å²) in [4.78, 5) is 27.2. The zero-order valence-electron chi connectivity index (χ0n) is 12.8. The van der Waals surface area contributed by atoms with Crippen LogP contribution in [0.3, 0.4) is 0 Å². The third kappa shape index (κ3) is 3.08. The molecule has 0 bridgehead atoms. The summed E-state index contributed by atoms with van der Waals surface area (Å²) >= 11 is 1.12. The molecule has 2 aromatic heterocycles. The molecule has 0 aliphatic heterocycles. The van der Waals surface area contributed by atoms with E-state index in [1.807, 2.05) is 0 Å². The second kappa shape index (κ2) is 6.94. The molecular formula is C17H14FNO4S. The second-order valence-electron chi connectivity index (χ2n) is 5.04. The number of ketones is 1. The van der Waals surface area contributed by atoms with Crippen LogP contribution >= 0.6 is 11.3 Å². The van der Waals surface area contributed by atoms with Gasteiger partial charge in [-0.15, -0.1) is 11.3 Å². The van der Waals surface area contributed by atoms with Crippen molar-refractivity contribution in [2.45, 2.75) is 6.61 Å². The van der Waals surface area contributed by atoms with E-state index in [1.165, 1.54) is 13.2 Å². The number of H-pyrrole nitrogens is 1. The fourth-order valence-electron chi connectivity index (χ4n) is 2.39. The first-order valence-electron chi connectivity index (χ1n) is 7.14. The van der Waals surface area contributed by atoms with Gasteiger partial charge in [0.2, 0.25) is 5.78 Å². The third-order valence-electron chi connectivity index (χ3n) is 3.47. The maximum atomic E-state index is 14.1. The Kier molecular flexibility index (Phi) is 4.73. The van der Waals surface area contributed by atoms with Crippen LogP contribution in [0.1, 0.15) is 25.7 Å². The molecular weight excluding hydrogens is 333 g/mol. The number of esters is 1. The summed E-state index contributed by atoms with van der Waals surface area (Å²) in [5.74, 6) is -1.42. The van der Waals surface area contributed by atoms with Crippen molar-refractivity contribution < 1.29 is 23.5 Å². The fraction of sp³-hybridized carbons (Fsp3) is 0.176. The van der Waals surface area contributed by atoms with Gasteiger partial charge in [0.1, 0.15) is 10.7 Å². The predicted octanol–water partition coefficient (Wildman–Crippen LogP) is 3.55. The number of methoxy groups -OCH3 is 1. The van der Waals surface area contributed by atoms with Crippen LogP contribution in [0.25, 0.3) is 10.1 Å². The minimum Gasteiger partial charge on any atom is -0.453 e. The van der Waals surface area contributed by atoms with Gasteiger partial charge < -0.3 is 14.5 Å². The maximum absolute atomic E-state index is 14.1. The highest BCUT2D eigenvalue weighted by Gasteiger charge is 2.22. The molecule has 5 nitrogen and oxygen atoms in total. The number of rotatable bonds is 6. The van der Waals surface area contributed by atoms with E-state index in [9.17, 15) is 14.0 Å². The number of carbonyl (C=O) groups excluding carboxylic acids is 2. The Hall–Kier alpha value is -2.51. The lowest BCUT2D eigenvalue weighted by atomic mass is 10.1. The molecule has 0 atom stereocenters. The number of aromatic amines is 1. The van der Waals surface area contributed by atoms with Gasteiger partial charge in [0.05, 0.1) is 12.3 Å². The monoisotopic (exact) mass is 347 g/mol. The standard InChI is InChI=1S/C17H14FNO4S/c1-22-8-10-15-11(18)4-2-6-14(15)24-16(10)17(21)23-9-13(20)12-5-3-7-19-12/h2-7,19H,8-9H2,1H3. The molecule has 0 saturated heterocycles. The Morgan fingerprint density at radius 2 is 2.08 bits per heavy atom. The molecule has 1 aromatic carbocycles. The summed E-state index contributed by atoms with van der Waals surface area (Å²) in [6.07, 6.45) is 1.61. The van der Waals surface area contributed by atoms with Crippen LogP contribution in [0, 0.1) is 5.82 Å². The molecule has 1 N–H and O–H groups in total. The number of thiophene rings is 1. The van der Waals surface area contributed by atoms with Crippen LogP contribution in [0.5, 0.6) is 0 Å². The van der Waals surface area contributed by atoms with E-state index in [4.69, 9.17) is 9.47 Å². The molecule has 0 fully saturated rings. The Balaban J connectivity index is 1.85. The molecule has 24 heavy (non-hydrogen) atoms. The van der Waals surface area contributed by atoms with Gasteiger partial charge in [0.15, 0.2) is 6.61 Å². The number of ether oxygens (including phenoxy) is 2. The zero-order valence-corrected chi connectivity index (χ0v) is 13.6. The minimum atomic E-state index is -0.664. The number of carbonyl (C=O) groups is 2. The van der Waals surface area contributed by atoms with E-state index < -0.39 is 11.8 Å². The highest BCUT2D eigenvalue weighted by Crippen LogP contribution is 2.34. The molecule has 0 aliphatic rings.